The Morgan fingerprint density at radius 2 is 1.92 bits per heavy atom. The smallest absolute Gasteiger partial charge is 0.337 e. The number of rotatable bonds is 6. The highest BCUT2D eigenvalue weighted by molar-refractivity contribution is 9.10. The van der Waals surface area contributed by atoms with Gasteiger partial charge in [0.25, 0.3) is 0 Å². The number of thioether (sulfide) groups is 1. The molecule has 4 nitrogen and oxygen atoms in total. The fourth-order valence-corrected chi connectivity index (χ4v) is 3.63. The van der Waals surface area contributed by atoms with E-state index in [4.69, 9.17) is 23.2 Å². The summed E-state index contributed by atoms with van der Waals surface area (Å²) in [5.74, 6) is -0.661. The van der Waals surface area contributed by atoms with Crippen molar-refractivity contribution in [3.8, 4) is 0 Å². The largest absolute Gasteiger partial charge is 0.478 e. The van der Waals surface area contributed by atoms with Crippen LogP contribution in [-0.2, 0) is 10.5 Å². The second-order valence-corrected chi connectivity index (χ2v) is 7.52. The van der Waals surface area contributed by atoms with Crippen molar-refractivity contribution in [2.75, 3.05) is 11.1 Å². The van der Waals surface area contributed by atoms with Gasteiger partial charge < -0.3 is 10.4 Å². The van der Waals surface area contributed by atoms with E-state index in [1.54, 1.807) is 24.3 Å². The summed E-state index contributed by atoms with van der Waals surface area (Å²) in [5, 5.41) is 12.9. The maximum Gasteiger partial charge on any atom is 0.337 e. The number of amides is 1. The van der Waals surface area contributed by atoms with Gasteiger partial charge in [0, 0.05) is 20.3 Å². The van der Waals surface area contributed by atoms with Gasteiger partial charge in [0.05, 0.1) is 17.0 Å². The average molecular weight is 449 g/mol. The number of hydrogen-bond acceptors (Lipinski definition) is 3. The molecular weight excluding hydrogens is 437 g/mol. The maximum absolute atomic E-state index is 12.0. The molecule has 0 atom stereocenters. The molecule has 0 spiro atoms. The van der Waals surface area contributed by atoms with Crippen molar-refractivity contribution >= 4 is 68.5 Å². The minimum absolute atomic E-state index is 0.0310. The fourth-order valence-electron chi connectivity index (χ4n) is 1.88. The predicted molar refractivity (Wildman–Crippen MR) is 102 cm³/mol. The molecule has 0 heterocycles. The molecule has 24 heavy (non-hydrogen) atoms. The number of carbonyl (C=O) groups is 2. The van der Waals surface area contributed by atoms with Crippen molar-refractivity contribution in [2.24, 2.45) is 0 Å². The van der Waals surface area contributed by atoms with Crippen LogP contribution in [-0.4, -0.2) is 22.7 Å². The number of nitrogens with one attached hydrogen (secondary N) is 1. The van der Waals surface area contributed by atoms with Gasteiger partial charge in [-0.2, -0.15) is 0 Å². The maximum atomic E-state index is 12.0. The summed E-state index contributed by atoms with van der Waals surface area (Å²) in [7, 11) is 0. The van der Waals surface area contributed by atoms with Crippen LogP contribution in [0.5, 0.6) is 0 Å². The Balaban J connectivity index is 1.93. The molecule has 0 aromatic heterocycles. The lowest BCUT2D eigenvalue weighted by molar-refractivity contribution is -0.113. The summed E-state index contributed by atoms with van der Waals surface area (Å²) in [5.41, 5.74) is 1.18. The summed E-state index contributed by atoms with van der Waals surface area (Å²) >= 11 is 16.5. The van der Waals surface area contributed by atoms with Crippen molar-refractivity contribution in [1.82, 2.24) is 0 Å². The van der Waals surface area contributed by atoms with E-state index in [2.05, 4.69) is 21.2 Å². The number of carbonyl (C=O) groups excluding carboxylic acids is 1. The highest BCUT2D eigenvalue weighted by Crippen LogP contribution is 2.25. The van der Waals surface area contributed by atoms with Gasteiger partial charge in [-0.3, -0.25) is 4.79 Å². The third kappa shape index (κ3) is 5.41. The van der Waals surface area contributed by atoms with E-state index in [0.29, 0.717) is 20.3 Å². The molecule has 2 N–H and O–H groups in total. The highest BCUT2D eigenvalue weighted by atomic mass is 79.9. The fraction of sp³-hybridized carbons (Fsp3) is 0.125. The van der Waals surface area contributed by atoms with Crippen LogP contribution in [0, 0.1) is 0 Å². The van der Waals surface area contributed by atoms with Crippen LogP contribution in [0.4, 0.5) is 5.69 Å². The Labute approximate surface area is 161 Å². The normalized spacial score (nSPS) is 10.5. The minimum atomic E-state index is -1.10. The van der Waals surface area contributed by atoms with Crippen molar-refractivity contribution < 1.29 is 14.7 Å². The first-order valence-electron chi connectivity index (χ1n) is 6.71. The zero-order valence-corrected chi connectivity index (χ0v) is 16.1. The third-order valence-electron chi connectivity index (χ3n) is 2.99. The quantitative estimate of drug-likeness (QED) is 0.626. The van der Waals surface area contributed by atoms with Gasteiger partial charge in [-0.25, -0.2) is 4.79 Å². The molecule has 0 aliphatic rings. The van der Waals surface area contributed by atoms with E-state index in [0.717, 1.165) is 5.56 Å². The van der Waals surface area contributed by atoms with Gasteiger partial charge in [-0.1, -0.05) is 45.2 Å². The van der Waals surface area contributed by atoms with Crippen LogP contribution in [0.2, 0.25) is 10.0 Å². The van der Waals surface area contributed by atoms with Crippen molar-refractivity contribution in [1.29, 1.82) is 0 Å². The van der Waals surface area contributed by atoms with Crippen molar-refractivity contribution in [3.63, 3.8) is 0 Å². The second-order valence-electron chi connectivity index (χ2n) is 4.77. The number of anilines is 1. The summed E-state index contributed by atoms with van der Waals surface area (Å²) in [4.78, 5) is 23.2. The molecule has 0 saturated heterocycles. The molecule has 0 radical (unpaired) electrons. The van der Waals surface area contributed by atoms with Gasteiger partial charge in [0.2, 0.25) is 5.91 Å². The van der Waals surface area contributed by atoms with Crippen molar-refractivity contribution in [2.45, 2.75) is 5.75 Å². The molecule has 1 amide bonds. The SMILES string of the molecule is O=C(CSCc1ccc(Cl)cc1Cl)Nc1ccc(Br)cc1C(=O)O. The standard InChI is InChI=1S/C16H12BrCl2NO3S/c17-10-2-4-14(12(5-10)16(22)23)20-15(21)8-24-7-9-1-3-11(18)6-13(9)19/h1-6H,7-8H2,(H,20,21)(H,22,23). The lowest BCUT2D eigenvalue weighted by Gasteiger charge is -2.09. The topological polar surface area (TPSA) is 66.4 Å². The first-order chi connectivity index (χ1) is 11.4. The first-order valence-corrected chi connectivity index (χ1v) is 9.41. The van der Waals surface area contributed by atoms with Crippen LogP contribution in [0.3, 0.4) is 0 Å². The second kappa shape index (κ2) is 8.76. The number of aromatic carboxylic acids is 1. The molecule has 0 saturated carbocycles. The molecule has 0 aliphatic carbocycles. The number of carboxylic acids is 1. The van der Waals surface area contributed by atoms with E-state index in [1.807, 2.05) is 6.07 Å². The zero-order chi connectivity index (χ0) is 17.7. The summed E-state index contributed by atoms with van der Waals surface area (Å²) in [6.45, 7) is 0. The van der Waals surface area contributed by atoms with Crippen LogP contribution >= 0.6 is 50.9 Å². The monoisotopic (exact) mass is 447 g/mol. The molecule has 2 aromatic rings. The predicted octanol–water partition coefficient (Wildman–Crippen LogP) is 5.33. The summed E-state index contributed by atoms with van der Waals surface area (Å²) in [6.07, 6.45) is 0. The molecule has 0 fully saturated rings. The number of benzene rings is 2. The summed E-state index contributed by atoms with van der Waals surface area (Å²) in [6, 6.07) is 9.87. The van der Waals surface area contributed by atoms with Crippen LogP contribution in [0.1, 0.15) is 15.9 Å². The van der Waals surface area contributed by atoms with Gasteiger partial charge in [0.15, 0.2) is 0 Å². The Hall–Kier alpha value is -1.21. The lowest BCUT2D eigenvalue weighted by atomic mass is 10.2. The molecule has 2 aromatic carbocycles. The van der Waals surface area contributed by atoms with Crippen molar-refractivity contribution in [3.05, 3.63) is 62.0 Å². The average Bonchev–Trinajstić information content (AvgIpc) is 2.51. The van der Waals surface area contributed by atoms with E-state index in [9.17, 15) is 14.7 Å². The van der Waals surface area contributed by atoms with E-state index in [-0.39, 0.29) is 22.9 Å². The molecule has 126 valence electrons. The summed E-state index contributed by atoms with van der Waals surface area (Å²) < 4.78 is 0.629. The number of halogens is 3. The zero-order valence-electron chi connectivity index (χ0n) is 12.2. The Kier molecular flexibility index (Phi) is 6.98. The molecule has 0 unspecified atom stereocenters. The van der Waals surface area contributed by atoms with E-state index >= 15 is 0 Å². The van der Waals surface area contributed by atoms with E-state index in [1.165, 1.54) is 17.8 Å². The molecule has 0 aliphatic heterocycles. The highest BCUT2D eigenvalue weighted by Gasteiger charge is 2.13. The Morgan fingerprint density at radius 3 is 2.58 bits per heavy atom. The van der Waals surface area contributed by atoms with Crippen LogP contribution < -0.4 is 5.32 Å². The van der Waals surface area contributed by atoms with Crippen LogP contribution in [0.15, 0.2) is 40.9 Å². The van der Waals surface area contributed by atoms with Gasteiger partial charge in [-0.15, -0.1) is 11.8 Å². The minimum Gasteiger partial charge on any atom is -0.478 e. The van der Waals surface area contributed by atoms with Gasteiger partial charge in [-0.05, 0) is 35.9 Å². The molecule has 0 bridgehead atoms. The molecule has 2 rings (SSSR count). The Morgan fingerprint density at radius 1 is 1.17 bits per heavy atom. The van der Waals surface area contributed by atoms with Gasteiger partial charge >= 0.3 is 5.97 Å². The Bertz CT molecular complexity index is 786. The number of hydrogen-bond donors (Lipinski definition) is 2. The lowest BCUT2D eigenvalue weighted by Crippen LogP contribution is -2.16. The number of carboxylic acid groups (broad SMARTS) is 1. The molecular formula is C16H12BrCl2NO3S. The van der Waals surface area contributed by atoms with Gasteiger partial charge in [0.1, 0.15) is 0 Å². The first kappa shape index (κ1) is 19.1. The third-order valence-corrected chi connectivity index (χ3v) is 5.05. The van der Waals surface area contributed by atoms with E-state index < -0.39 is 5.97 Å². The molecule has 8 heteroatoms. The van der Waals surface area contributed by atoms with Crippen LogP contribution in [0.25, 0.3) is 0 Å².